The van der Waals surface area contributed by atoms with Crippen molar-refractivity contribution in [3.8, 4) is 0 Å². The van der Waals surface area contributed by atoms with Crippen LogP contribution in [0.4, 0.5) is 5.69 Å². The Labute approximate surface area is 116 Å². The molecule has 0 bridgehead atoms. The third-order valence-corrected chi connectivity index (χ3v) is 4.55. The van der Waals surface area contributed by atoms with Gasteiger partial charge in [0.15, 0.2) is 0 Å². The second-order valence-corrected chi connectivity index (χ2v) is 6.35. The van der Waals surface area contributed by atoms with Gasteiger partial charge < -0.3 is 5.11 Å². The summed E-state index contributed by atoms with van der Waals surface area (Å²) in [6, 6.07) is 3.88. The zero-order valence-corrected chi connectivity index (χ0v) is 11.5. The Morgan fingerprint density at radius 3 is 2.47 bits per heavy atom. The van der Waals surface area contributed by atoms with Crippen molar-refractivity contribution in [2.24, 2.45) is 0 Å². The van der Waals surface area contributed by atoms with E-state index in [-0.39, 0.29) is 16.3 Å². The van der Waals surface area contributed by atoms with Crippen LogP contribution < -0.4 is 4.72 Å². The molecule has 1 heterocycles. The van der Waals surface area contributed by atoms with Gasteiger partial charge in [-0.05, 0) is 31.0 Å². The first-order valence-corrected chi connectivity index (χ1v) is 7.52. The topological polar surface area (TPSA) is 86.7 Å². The summed E-state index contributed by atoms with van der Waals surface area (Å²) in [6.07, 6.45) is 1.66. The number of nitrogens with zero attached hydrogens (tertiary/aromatic N) is 1. The first-order valence-electron chi connectivity index (χ1n) is 5.70. The molecule has 104 valence electrons. The number of hydrogen-bond acceptors (Lipinski definition) is 3. The van der Waals surface area contributed by atoms with E-state index in [1.54, 1.807) is 0 Å². The van der Waals surface area contributed by atoms with E-state index in [1.165, 1.54) is 22.5 Å². The number of nitrogens with one attached hydrogen (secondary N) is 1. The molecule has 2 rings (SSSR count). The summed E-state index contributed by atoms with van der Waals surface area (Å²) in [5.74, 6) is -1.16. The quantitative estimate of drug-likeness (QED) is 0.888. The molecule has 19 heavy (non-hydrogen) atoms. The van der Waals surface area contributed by atoms with Crippen LogP contribution in [-0.2, 0) is 10.2 Å². The lowest BCUT2D eigenvalue weighted by atomic mass is 10.2. The van der Waals surface area contributed by atoms with Crippen LogP contribution in [-0.4, -0.2) is 36.9 Å². The van der Waals surface area contributed by atoms with E-state index in [2.05, 4.69) is 4.72 Å². The Bertz CT molecular complexity index is 597. The molecule has 0 unspecified atom stereocenters. The number of carboxylic acid groups (broad SMARTS) is 1. The maximum absolute atomic E-state index is 12.0. The summed E-state index contributed by atoms with van der Waals surface area (Å²) in [5, 5.41) is 9.06. The van der Waals surface area contributed by atoms with E-state index < -0.39 is 16.2 Å². The standard InChI is InChI=1S/C11H13ClN2O4S/c12-9-5-8(11(15)16)6-10(7-9)13-19(17,18)14-3-1-2-4-14/h5-7,13H,1-4H2,(H,15,16). The highest BCUT2D eigenvalue weighted by atomic mass is 35.5. The highest BCUT2D eigenvalue weighted by molar-refractivity contribution is 7.90. The molecule has 0 aromatic heterocycles. The van der Waals surface area contributed by atoms with Crippen LogP contribution in [0.25, 0.3) is 0 Å². The fourth-order valence-corrected chi connectivity index (χ4v) is 3.43. The highest BCUT2D eigenvalue weighted by Crippen LogP contribution is 2.22. The number of anilines is 1. The molecule has 0 radical (unpaired) electrons. The van der Waals surface area contributed by atoms with E-state index in [0.29, 0.717) is 13.1 Å². The third-order valence-electron chi connectivity index (χ3n) is 2.80. The fraction of sp³-hybridized carbons (Fsp3) is 0.364. The average Bonchev–Trinajstić information content (AvgIpc) is 2.81. The highest BCUT2D eigenvalue weighted by Gasteiger charge is 2.25. The van der Waals surface area contributed by atoms with Crippen molar-refractivity contribution in [3.05, 3.63) is 28.8 Å². The lowest BCUT2D eigenvalue weighted by Crippen LogP contribution is -2.33. The lowest BCUT2D eigenvalue weighted by molar-refractivity contribution is 0.0697. The lowest BCUT2D eigenvalue weighted by Gasteiger charge is -2.17. The van der Waals surface area contributed by atoms with Gasteiger partial charge in [-0.1, -0.05) is 11.6 Å². The summed E-state index contributed by atoms with van der Waals surface area (Å²) in [5.41, 5.74) is 0.0865. The minimum Gasteiger partial charge on any atom is -0.478 e. The van der Waals surface area contributed by atoms with E-state index in [9.17, 15) is 13.2 Å². The van der Waals surface area contributed by atoms with Crippen molar-refractivity contribution in [1.29, 1.82) is 0 Å². The van der Waals surface area contributed by atoms with Crippen molar-refractivity contribution in [2.75, 3.05) is 17.8 Å². The number of aromatic carboxylic acids is 1. The van der Waals surface area contributed by atoms with Gasteiger partial charge in [-0.3, -0.25) is 4.72 Å². The van der Waals surface area contributed by atoms with E-state index in [0.717, 1.165) is 12.8 Å². The van der Waals surface area contributed by atoms with E-state index in [4.69, 9.17) is 16.7 Å². The molecule has 8 heteroatoms. The van der Waals surface area contributed by atoms with Crippen LogP contribution in [0, 0.1) is 0 Å². The molecule has 0 spiro atoms. The van der Waals surface area contributed by atoms with E-state index >= 15 is 0 Å². The van der Waals surface area contributed by atoms with Crippen molar-refractivity contribution in [2.45, 2.75) is 12.8 Å². The van der Waals surface area contributed by atoms with Crippen LogP contribution >= 0.6 is 11.6 Å². The summed E-state index contributed by atoms with van der Waals surface area (Å²) >= 11 is 5.77. The fourth-order valence-electron chi connectivity index (χ4n) is 1.91. The zero-order valence-electron chi connectivity index (χ0n) is 9.97. The normalized spacial score (nSPS) is 16.5. The summed E-state index contributed by atoms with van der Waals surface area (Å²) in [6.45, 7) is 0.948. The summed E-state index contributed by atoms with van der Waals surface area (Å²) in [7, 11) is -3.64. The van der Waals surface area contributed by atoms with Crippen LogP contribution in [0.15, 0.2) is 18.2 Å². The van der Waals surface area contributed by atoms with Crippen LogP contribution in [0.2, 0.25) is 5.02 Å². The monoisotopic (exact) mass is 304 g/mol. The molecule has 0 saturated carbocycles. The van der Waals surface area contributed by atoms with Crippen molar-refractivity contribution >= 4 is 33.5 Å². The number of hydrogen-bond donors (Lipinski definition) is 2. The molecule has 1 aromatic rings. The number of benzene rings is 1. The van der Waals surface area contributed by atoms with Crippen LogP contribution in [0.3, 0.4) is 0 Å². The minimum atomic E-state index is -3.64. The van der Waals surface area contributed by atoms with Gasteiger partial charge in [-0.25, -0.2) is 4.79 Å². The maximum Gasteiger partial charge on any atom is 0.335 e. The molecule has 0 atom stereocenters. The van der Waals surface area contributed by atoms with Crippen molar-refractivity contribution < 1.29 is 18.3 Å². The second kappa shape index (κ2) is 5.36. The summed E-state index contributed by atoms with van der Waals surface area (Å²) in [4.78, 5) is 10.9. The van der Waals surface area contributed by atoms with Crippen molar-refractivity contribution in [3.63, 3.8) is 0 Å². The Balaban J connectivity index is 2.25. The van der Waals surface area contributed by atoms with Crippen LogP contribution in [0.1, 0.15) is 23.2 Å². The number of carboxylic acids is 1. The average molecular weight is 305 g/mol. The van der Waals surface area contributed by atoms with Gasteiger partial charge in [0.05, 0.1) is 11.3 Å². The molecular formula is C11H13ClN2O4S. The van der Waals surface area contributed by atoms with Gasteiger partial charge in [0, 0.05) is 18.1 Å². The Morgan fingerprint density at radius 2 is 1.89 bits per heavy atom. The Morgan fingerprint density at radius 1 is 1.26 bits per heavy atom. The van der Waals surface area contributed by atoms with Gasteiger partial charge in [0.2, 0.25) is 0 Å². The molecule has 0 aliphatic carbocycles. The van der Waals surface area contributed by atoms with Gasteiger partial charge in [0.25, 0.3) is 0 Å². The van der Waals surface area contributed by atoms with Gasteiger partial charge in [-0.2, -0.15) is 12.7 Å². The molecule has 1 saturated heterocycles. The molecule has 1 aromatic carbocycles. The Kier molecular flexibility index (Phi) is 3.98. The molecule has 1 aliphatic heterocycles. The molecule has 1 aliphatic rings. The zero-order chi connectivity index (χ0) is 14.0. The van der Waals surface area contributed by atoms with Gasteiger partial charge >= 0.3 is 16.2 Å². The summed E-state index contributed by atoms with van der Waals surface area (Å²) < 4.78 is 27.7. The van der Waals surface area contributed by atoms with Crippen LogP contribution in [0.5, 0.6) is 0 Å². The number of halogens is 1. The molecule has 6 nitrogen and oxygen atoms in total. The van der Waals surface area contributed by atoms with Crippen molar-refractivity contribution in [1.82, 2.24) is 4.31 Å². The molecule has 1 fully saturated rings. The maximum atomic E-state index is 12.0. The minimum absolute atomic E-state index is 0.0633. The largest absolute Gasteiger partial charge is 0.478 e. The predicted molar refractivity (Wildman–Crippen MR) is 71.8 cm³/mol. The SMILES string of the molecule is O=C(O)c1cc(Cl)cc(NS(=O)(=O)N2CCCC2)c1. The smallest absolute Gasteiger partial charge is 0.335 e. The molecular weight excluding hydrogens is 292 g/mol. The van der Waals surface area contributed by atoms with E-state index in [1.807, 2.05) is 0 Å². The molecule has 2 N–H and O–H groups in total. The van der Waals surface area contributed by atoms with Gasteiger partial charge in [-0.15, -0.1) is 0 Å². The Hall–Kier alpha value is -1.31. The number of carbonyl (C=O) groups is 1. The number of rotatable bonds is 4. The van der Waals surface area contributed by atoms with Gasteiger partial charge in [0.1, 0.15) is 0 Å². The first kappa shape index (κ1) is 14.1. The third kappa shape index (κ3) is 3.37. The first-order chi connectivity index (χ1) is 8.88. The molecule has 0 amide bonds. The second-order valence-electron chi connectivity index (χ2n) is 4.25. The predicted octanol–water partition coefficient (Wildman–Crippen LogP) is 1.79.